The molecule has 0 spiro atoms. The number of ether oxygens (including phenoxy) is 1. The zero-order chi connectivity index (χ0) is 19.6. The zero-order valence-corrected chi connectivity index (χ0v) is 16.1. The number of aromatic nitrogens is 2. The van der Waals surface area contributed by atoms with Gasteiger partial charge in [-0.15, -0.1) is 0 Å². The van der Waals surface area contributed by atoms with Crippen LogP contribution >= 0.6 is 15.9 Å². The maximum Gasteiger partial charge on any atom is 0.275 e. The number of hydrogen-bond acceptors (Lipinski definition) is 5. The van der Waals surface area contributed by atoms with Crippen LogP contribution in [0.5, 0.6) is 11.5 Å². The molecule has 0 atom stereocenters. The Morgan fingerprint density at radius 1 is 1.26 bits per heavy atom. The van der Waals surface area contributed by atoms with Crippen molar-refractivity contribution in [1.82, 2.24) is 9.78 Å². The standard InChI is InChI=1S/C18H15BrN4O4/c1-11-4-3-5-14(6-11)27-15-8-12(7-13(9-15)23(25)26)21-18(24)17-16(19)10-20-22(17)2/h3-10H,1-2H3,(H,21,24). The second-order valence-corrected chi connectivity index (χ2v) is 6.66. The Morgan fingerprint density at radius 3 is 2.67 bits per heavy atom. The molecule has 1 amide bonds. The van der Waals surface area contributed by atoms with Crippen molar-refractivity contribution in [2.45, 2.75) is 6.92 Å². The summed E-state index contributed by atoms with van der Waals surface area (Å²) in [6.45, 7) is 1.91. The summed E-state index contributed by atoms with van der Waals surface area (Å²) in [6.07, 6.45) is 1.49. The Bertz CT molecular complexity index is 1010. The van der Waals surface area contributed by atoms with E-state index in [0.717, 1.165) is 5.56 Å². The molecule has 0 bridgehead atoms. The SMILES string of the molecule is Cc1cccc(Oc2cc(NC(=O)c3c(Br)cnn3C)cc([N+](=O)[O-])c2)c1. The van der Waals surface area contributed by atoms with Crippen LogP contribution < -0.4 is 10.1 Å². The second kappa shape index (κ2) is 7.58. The molecule has 9 heteroatoms. The molecule has 0 unspecified atom stereocenters. The minimum atomic E-state index is -0.543. The first-order chi connectivity index (χ1) is 12.8. The molecule has 0 radical (unpaired) electrons. The number of carbonyl (C=O) groups is 1. The van der Waals surface area contributed by atoms with Gasteiger partial charge in [0.1, 0.15) is 17.2 Å². The Hall–Kier alpha value is -3.20. The van der Waals surface area contributed by atoms with Crippen molar-refractivity contribution in [3.05, 3.63) is 74.5 Å². The molecule has 8 nitrogen and oxygen atoms in total. The molecule has 0 aliphatic carbocycles. The number of nitro benzene ring substituents is 1. The van der Waals surface area contributed by atoms with Crippen LogP contribution in [0.25, 0.3) is 0 Å². The molecular weight excluding hydrogens is 416 g/mol. The molecule has 0 aliphatic heterocycles. The van der Waals surface area contributed by atoms with E-state index in [1.165, 1.54) is 29.1 Å². The summed E-state index contributed by atoms with van der Waals surface area (Å²) in [4.78, 5) is 23.2. The minimum Gasteiger partial charge on any atom is -0.457 e. The van der Waals surface area contributed by atoms with Crippen LogP contribution in [0.15, 0.2) is 53.1 Å². The van der Waals surface area contributed by atoms with Gasteiger partial charge in [0.2, 0.25) is 0 Å². The van der Waals surface area contributed by atoms with E-state index in [2.05, 4.69) is 26.3 Å². The van der Waals surface area contributed by atoms with Crippen LogP contribution in [0.4, 0.5) is 11.4 Å². The van der Waals surface area contributed by atoms with Crippen molar-refractivity contribution in [2.75, 3.05) is 5.32 Å². The Labute approximate surface area is 163 Å². The molecule has 138 valence electrons. The number of amides is 1. The van der Waals surface area contributed by atoms with Crippen molar-refractivity contribution in [3.8, 4) is 11.5 Å². The Balaban J connectivity index is 1.92. The van der Waals surface area contributed by atoms with Gasteiger partial charge >= 0.3 is 0 Å². The summed E-state index contributed by atoms with van der Waals surface area (Å²) < 4.78 is 7.65. The van der Waals surface area contributed by atoms with E-state index in [4.69, 9.17) is 4.74 Å². The molecule has 27 heavy (non-hydrogen) atoms. The van der Waals surface area contributed by atoms with E-state index in [1.807, 2.05) is 25.1 Å². The zero-order valence-electron chi connectivity index (χ0n) is 14.5. The highest BCUT2D eigenvalue weighted by atomic mass is 79.9. The van der Waals surface area contributed by atoms with Gasteiger partial charge in [0.15, 0.2) is 0 Å². The molecule has 1 N–H and O–H groups in total. The molecule has 0 saturated carbocycles. The van der Waals surface area contributed by atoms with Crippen molar-refractivity contribution in [1.29, 1.82) is 0 Å². The van der Waals surface area contributed by atoms with E-state index < -0.39 is 10.8 Å². The molecule has 0 fully saturated rings. The number of aryl methyl sites for hydroxylation is 2. The van der Waals surface area contributed by atoms with Crippen LogP contribution in [0, 0.1) is 17.0 Å². The van der Waals surface area contributed by atoms with E-state index in [-0.39, 0.29) is 17.1 Å². The summed E-state index contributed by atoms with van der Waals surface area (Å²) in [6, 6.07) is 11.4. The van der Waals surface area contributed by atoms with Gasteiger partial charge in [-0.2, -0.15) is 5.10 Å². The first-order valence-electron chi connectivity index (χ1n) is 7.86. The van der Waals surface area contributed by atoms with Crippen LogP contribution in [-0.4, -0.2) is 20.6 Å². The van der Waals surface area contributed by atoms with Gasteiger partial charge in [0.05, 0.1) is 27.3 Å². The lowest BCUT2D eigenvalue weighted by Crippen LogP contribution is -2.16. The molecule has 3 rings (SSSR count). The number of nitrogens with one attached hydrogen (secondary N) is 1. The summed E-state index contributed by atoms with van der Waals surface area (Å²) >= 11 is 3.26. The predicted octanol–water partition coefficient (Wildman–Crippen LogP) is 4.44. The first-order valence-corrected chi connectivity index (χ1v) is 8.65. The number of halogens is 1. The van der Waals surface area contributed by atoms with Crippen molar-refractivity contribution in [3.63, 3.8) is 0 Å². The van der Waals surface area contributed by atoms with Gasteiger partial charge in [0, 0.05) is 19.2 Å². The lowest BCUT2D eigenvalue weighted by atomic mass is 10.2. The molecule has 1 heterocycles. The van der Waals surface area contributed by atoms with Crippen LogP contribution in [0.2, 0.25) is 0 Å². The molecular formula is C18H15BrN4O4. The van der Waals surface area contributed by atoms with E-state index >= 15 is 0 Å². The quantitative estimate of drug-likeness (QED) is 0.476. The number of anilines is 1. The molecule has 2 aromatic carbocycles. The van der Waals surface area contributed by atoms with Gasteiger partial charge in [-0.05, 0) is 40.5 Å². The average molecular weight is 431 g/mol. The lowest BCUT2D eigenvalue weighted by molar-refractivity contribution is -0.384. The normalized spacial score (nSPS) is 10.5. The fraction of sp³-hybridized carbons (Fsp3) is 0.111. The van der Waals surface area contributed by atoms with Gasteiger partial charge < -0.3 is 10.1 Å². The third-order valence-electron chi connectivity index (χ3n) is 3.69. The van der Waals surface area contributed by atoms with E-state index in [9.17, 15) is 14.9 Å². The number of rotatable bonds is 5. The number of benzene rings is 2. The highest BCUT2D eigenvalue weighted by Crippen LogP contribution is 2.30. The molecule has 3 aromatic rings. The highest BCUT2D eigenvalue weighted by molar-refractivity contribution is 9.10. The number of non-ortho nitro benzene ring substituents is 1. The molecule has 0 saturated heterocycles. The first kappa shape index (κ1) is 18.6. The number of carbonyl (C=O) groups excluding carboxylic acids is 1. The van der Waals surface area contributed by atoms with Crippen molar-refractivity contribution < 1.29 is 14.5 Å². The summed E-state index contributed by atoms with van der Waals surface area (Å²) in [5.41, 5.74) is 1.33. The third-order valence-corrected chi connectivity index (χ3v) is 4.27. The number of nitrogens with zero attached hydrogens (tertiary/aromatic N) is 3. The number of nitro groups is 1. The fourth-order valence-corrected chi connectivity index (χ4v) is 3.02. The maximum atomic E-state index is 12.5. The predicted molar refractivity (Wildman–Crippen MR) is 103 cm³/mol. The lowest BCUT2D eigenvalue weighted by Gasteiger charge is -2.10. The van der Waals surface area contributed by atoms with Crippen LogP contribution in [0.3, 0.4) is 0 Å². The Morgan fingerprint density at radius 2 is 2.04 bits per heavy atom. The van der Waals surface area contributed by atoms with Gasteiger partial charge in [-0.3, -0.25) is 19.6 Å². The van der Waals surface area contributed by atoms with Crippen molar-refractivity contribution >= 4 is 33.2 Å². The topological polar surface area (TPSA) is 99.3 Å². The monoisotopic (exact) mass is 430 g/mol. The Kier molecular flexibility index (Phi) is 5.22. The van der Waals surface area contributed by atoms with Crippen molar-refractivity contribution in [2.24, 2.45) is 7.05 Å². The highest BCUT2D eigenvalue weighted by Gasteiger charge is 2.18. The smallest absolute Gasteiger partial charge is 0.275 e. The summed E-state index contributed by atoms with van der Waals surface area (Å²) in [5.74, 6) is 0.334. The van der Waals surface area contributed by atoms with Crippen LogP contribution in [-0.2, 0) is 7.05 Å². The third kappa shape index (κ3) is 4.32. The largest absolute Gasteiger partial charge is 0.457 e. The van der Waals surface area contributed by atoms with E-state index in [0.29, 0.717) is 15.9 Å². The summed E-state index contributed by atoms with van der Waals surface area (Å²) in [7, 11) is 1.62. The van der Waals surface area contributed by atoms with Gasteiger partial charge in [-0.1, -0.05) is 12.1 Å². The van der Waals surface area contributed by atoms with E-state index in [1.54, 1.807) is 13.1 Å². The number of hydrogen-bond donors (Lipinski definition) is 1. The average Bonchev–Trinajstić information content (AvgIpc) is 2.93. The van der Waals surface area contributed by atoms with Crippen LogP contribution in [0.1, 0.15) is 16.1 Å². The van der Waals surface area contributed by atoms with Gasteiger partial charge in [-0.25, -0.2) is 0 Å². The molecule has 1 aromatic heterocycles. The minimum absolute atomic E-state index is 0.195. The maximum absolute atomic E-state index is 12.5. The second-order valence-electron chi connectivity index (χ2n) is 5.81. The van der Waals surface area contributed by atoms with Gasteiger partial charge in [0.25, 0.3) is 11.6 Å². The molecule has 0 aliphatic rings. The fourth-order valence-electron chi connectivity index (χ4n) is 2.49. The summed E-state index contributed by atoms with van der Waals surface area (Å²) in [5, 5.41) is 17.9.